The molecule has 26 heavy (non-hydrogen) atoms. The molecular weight excluding hydrogens is 346 g/mol. The highest BCUT2D eigenvalue weighted by Gasteiger charge is 2.23. The third-order valence-electron chi connectivity index (χ3n) is 4.94. The minimum Gasteiger partial charge on any atom is -0.343 e. The van der Waals surface area contributed by atoms with E-state index >= 15 is 0 Å². The molecule has 0 aliphatic heterocycles. The lowest BCUT2D eigenvalue weighted by Crippen LogP contribution is -2.38. The summed E-state index contributed by atoms with van der Waals surface area (Å²) >= 11 is 1.52. The minimum atomic E-state index is -0.239. The summed E-state index contributed by atoms with van der Waals surface area (Å²) in [6.07, 6.45) is 4.16. The van der Waals surface area contributed by atoms with Gasteiger partial charge in [0.15, 0.2) is 5.13 Å². The normalized spacial score (nSPS) is 15.2. The lowest BCUT2D eigenvalue weighted by atomic mass is 10.1. The highest BCUT2D eigenvalue weighted by atomic mass is 32.1. The van der Waals surface area contributed by atoms with E-state index in [4.69, 9.17) is 0 Å². The van der Waals surface area contributed by atoms with Crippen LogP contribution in [0, 0.1) is 5.92 Å². The van der Waals surface area contributed by atoms with Crippen LogP contribution in [0.2, 0.25) is 0 Å². The molecule has 5 nitrogen and oxygen atoms in total. The average molecular weight is 374 g/mol. The second-order valence-corrected chi connectivity index (χ2v) is 8.59. The molecule has 1 aliphatic rings. The zero-order valence-electron chi connectivity index (χ0n) is 15.9. The second kappa shape index (κ2) is 7.74. The Balaban J connectivity index is 1.91. The Morgan fingerprint density at radius 3 is 2.46 bits per heavy atom. The molecule has 0 radical (unpaired) electrons. The van der Waals surface area contributed by atoms with Crippen LogP contribution in [-0.4, -0.2) is 23.0 Å². The van der Waals surface area contributed by atoms with Crippen LogP contribution in [0.25, 0.3) is 10.1 Å². The fraction of sp³-hybridized carbons (Fsp3) is 0.550. The number of hydrogen-bond donors (Lipinski definition) is 1. The predicted octanol–water partition coefficient (Wildman–Crippen LogP) is 4.41. The van der Waals surface area contributed by atoms with Crippen molar-refractivity contribution in [3.8, 4) is 0 Å². The molecule has 1 amide bonds. The van der Waals surface area contributed by atoms with Gasteiger partial charge in [0.2, 0.25) is 5.91 Å². The summed E-state index contributed by atoms with van der Waals surface area (Å²) < 4.78 is 0.894. The molecule has 1 N–H and O–H groups in total. The van der Waals surface area contributed by atoms with Gasteiger partial charge in [-0.3, -0.25) is 9.59 Å². The highest BCUT2D eigenvalue weighted by Crippen LogP contribution is 2.29. The summed E-state index contributed by atoms with van der Waals surface area (Å²) in [5.41, 5.74) is 0.440. The zero-order valence-corrected chi connectivity index (χ0v) is 16.7. The molecule has 6 heteroatoms. The summed E-state index contributed by atoms with van der Waals surface area (Å²) in [5.74, 6) is 0.166. The number of amides is 1. The molecule has 1 heterocycles. The quantitative estimate of drug-likeness (QED) is 0.843. The van der Waals surface area contributed by atoms with Crippen LogP contribution >= 0.6 is 11.3 Å². The van der Waals surface area contributed by atoms with Crippen LogP contribution in [0.5, 0.6) is 0 Å². The van der Waals surface area contributed by atoms with Crippen LogP contribution in [0.1, 0.15) is 53.4 Å². The van der Waals surface area contributed by atoms with E-state index in [-0.39, 0.29) is 29.5 Å². The largest absolute Gasteiger partial charge is 0.343 e. The fourth-order valence-electron chi connectivity index (χ4n) is 3.71. The van der Waals surface area contributed by atoms with Gasteiger partial charge in [0.05, 0.1) is 5.39 Å². The molecule has 1 saturated carbocycles. The van der Waals surface area contributed by atoms with Crippen molar-refractivity contribution in [3.63, 3.8) is 0 Å². The molecule has 2 aromatic rings. The maximum atomic E-state index is 12.6. The van der Waals surface area contributed by atoms with E-state index in [2.05, 4.69) is 42.9 Å². The van der Waals surface area contributed by atoms with Crippen molar-refractivity contribution in [1.82, 2.24) is 4.98 Å². The molecule has 140 valence electrons. The van der Waals surface area contributed by atoms with Crippen molar-refractivity contribution in [2.45, 2.75) is 65.5 Å². The summed E-state index contributed by atoms with van der Waals surface area (Å²) in [4.78, 5) is 31.4. The molecule has 0 unspecified atom stereocenters. The van der Waals surface area contributed by atoms with E-state index in [1.54, 1.807) is 6.07 Å². The SMILES string of the molecule is CC(C)N(c1nc(=O)c2cc(NC(=O)C3CCCC3)ccc2s1)C(C)C. The van der Waals surface area contributed by atoms with Crippen LogP contribution in [-0.2, 0) is 4.79 Å². The van der Waals surface area contributed by atoms with E-state index in [1.807, 2.05) is 12.1 Å². The van der Waals surface area contributed by atoms with E-state index in [0.717, 1.165) is 35.5 Å². The third kappa shape index (κ3) is 3.90. The number of carbonyl (C=O) groups excluding carboxylic acids is 1. The first-order chi connectivity index (χ1) is 12.4. The first-order valence-corrected chi connectivity index (χ1v) is 10.2. The van der Waals surface area contributed by atoms with Crippen molar-refractivity contribution in [2.75, 3.05) is 10.2 Å². The van der Waals surface area contributed by atoms with Crippen molar-refractivity contribution >= 4 is 38.1 Å². The Bertz CT molecular complexity index is 846. The molecule has 3 rings (SSSR count). The van der Waals surface area contributed by atoms with E-state index in [0.29, 0.717) is 11.1 Å². The van der Waals surface area contributed by atoms with E-state index in [1.165, 1.54) is 11.3 Å². The monoisotopic (exact) mass is 373 g/mol. The van der Waals surface area contributed by atoms with Crippen LogP contribution < -0.4 is 15.8 Å². The number of nitrogens with zero attached hydrogens (tertiary/aromatic N) is 2. The van der Waals surface area contributed by atoms with Gasteiger partial charge in [-0.05, 0) is 58.7 Å². The van der Waals surface area contributed by atoms with Gasteiger partial charge in [-0.2, -0.15) is 4.98 Å². The maximum absolute atomic E-state index is 12.6. The second-order valence-electron chi connectivity index (χ2n) is 7.58. The molecule has 1 fully saturated rings. The van der Waals surface area contributed by atoms with Gasteiger partial charge in [0, 0.05) is 28.4 Å². The van der Waals surface area contributed by atoms with Gasteiger partial charge in [0.1, 0.15) is 0 Å². The molecule has 1 aromatic carbocycles. The Labute approximate surface area is 158 Å². The molecule has 0 saturated heterocycles. The Morgan fingerprint density at radius 1 is 1.19 bits per heavy atom. The summed E-state index contributed by atoms with van der Waals surface area (Å²) in [5, 5.41) is 4.28. The lowest BCUT2D eigenvalue weighted by Gasteiger charge is -2.31. The number of carbonyl (C=O) groups is 1. The molecular formula is C20H27N3O2S. The number of rotatable bonds is 5. The number of hydrogen-bond acceptors (Lipinski definition) is 5. The molecule has 0 atom stereocenters. The Morgan fingerprint density at radius 2 is 1.85 bits per heavy atom. The Kier molecular flexibility index (Phi) is 5.61. The van der Waals surface area contributed by atoms with Crippen molar-refractivity contribution in [1.29, 1.82) is 0 Å². The molecule has 1 aliphatic carbocycles. The lowest BCUT2D eigenvalue weighted by molar-refractivity contribution is -0.119. The maximum Gasteiger partial charge on any atom is 0.281 e. The summed E-state index contributed by atoms with van der Waals surface area (Å²) in [7, 11) is 0. The standard InChI is InChI=1S/C20H27N3O2S/c1-12(2)23(13(3)4)20-22-19(25)16-11-15(9-10-17(16)26-20)21-18(24)14-7-5-6-8-14/h9-14H,5-8H2,1-4H3,(H,21,24). The summed E-state index contributed by atoms with van der Waals surface area (Å²) in [6, 6.07) is 6.08. The smallest absolute Gasteiger partial charge is 0.281 e. The first kappa shape index (κ1) is 18.8. The minimum absolute atomic E-state index is 0.0633. The number of fused-ring (bicyclic) bond motifs is 1. The van der Waals surface area contributed by atoms with E-state index in [9.17, 15) is 9.59 Å². The Hall–Kier alpha value is -1.95. The average Bonchev–Trinajstić information content (AvgIpc) is 3.09. The molecule has 1 aromatic heterocycles. The van der Waals surface area contributed by atoms with Gasteiger partial charge in [-0.15, -0.1) is 0 Å². The van der Waals surface area contributed by atoms with Crippen LogP contribution in [0.3, 0.4) is 0 Å². The predicted molar refractivity (Wildman–Crippen MR) is 109 cm³/mol. The van der Waals surface area contributed by atoms with Crippen LogP contribution in [0.4, 0.5) is 10.8 Å². The zero-order chi connectivity index (χ0) is 18.8. The summed E-state index contributed by atoms with van der Waals surface area (Å²) in [6.45, 7) is 8.41. The van der Waals surface area contributed by atoms with Crippen LogP contribution in [0.15, 0.2) is 23.0 Å². The fourth-order valence-corrected chi connectivity index (χ4v) is 4.96. The molecule has 0 bridgehead atoms. The number of aromatic nitrogens is 1. The number of nitrogens with one attached hydrogen (secondary N) is 1. The van der Waals surface area contributed by atoms with Gasteiger partial charge in [0.25, 0.3) is 5.56 Å². The van der Waals surface area contributed by atoms with Gasteiger partial charge >= 0.3 is 0 Å². The van der Waals surface area contributed by atoms with Gasteiger partial charge < -0.3 is 10.2 Å². The van der Waals surface area contributed by atoms with Crippen molar-refractivity contribution < 1.29 is 4.79 Å². The van der Waals surface area contributed by atoms with Gasteiger partial charge in [-0.1, -0.05) is 24.2 Å². The van der Waals surface area contributed by atoms with Crippen molar-refractivity contribution in [3.05, 3.63) is 28.6 Å². The highest BCUT2D eigenvalue weighted by molar-refractivity contribution is 7.21. The van der Waals surface area contributed by atoms with Gasteiger partial charge in [-0.25, -0.2) is 0 Å². The topological polar surface area (TPSA) is 62.3 Å². The van der Waals surface area contributed by atoms with E-state index < -0.39 is 0 Å². The number of anilines is 2. The molecule has 0 spiro atoms. The number of benzene rings is 1. The van der Waals surface area contributed by atoms with Crippen molar-refractivity contribution in [2.24, 2.45) is 5.92 Å². The third-order valence-corrected chi connectivity index (χ3v) is 6.00. The first-order valence-electron chi connectivity index (χ1n) is 9.41.